The van der Waals surface area contributed by atoms with Crippen LogP contribution >= 0.6 is 0 Å². The quantitative estimate of drug-likeness (QED) is 0.0328. The fourth-order valence-corrected chi connectivity index (χ4v) is 34.4. The summed E-state index contributed by atoms with van der Waals surface area (Å²) in [6.45, 7) is 47.3. The van der Waals surface area contributed by atoms with Gasteiger partial charge in [0.05, 0.1) is 25.4 Å². The molecule has 0 aromatic rings. The Kier molecular flexibility index (Phi) is 27.2. The van der Waals surface area contributed by atoms with E-state index in [1.807, 2.05) is 0 Å². The van der Waals surface area contributed by atoms with Crippen LogP contribution in [-0.4, -0.2) is 141 Å². The third-order valence-electron chi connectivity index (χ3n) is 6.33. The van der Waals surface area contributed by atoms with Gasteiger partial charge in [0.2, 0.25) is 11.8 Å². The van der Waals surface area contributed by atoms with E-state index in [-0.39, 0.29) is 38.1 Å². The van der Waals surface area contributed by atoms with E-state index in [4.69, 9.17) is 34.2 Å². The molecule has 0 radical (unpaired) electrons. The maximum absolute atomic E-state index is 11.1. The van der Waals surface area contributed by atoms with Crippen molar-refractivity contribution >= 4 is 79.3 Å². The number of rotatable bonds is 30. The molecule has 0 heterocycles. The van der Waals surface area contributed by atoms with Gasteiger partial charge in [0, 0.05) is 38.4 Å². The predicted octanol–water partition coefficient (Wildman–Crippen LogP) is 7.10. The minimum absolute atomic E-state index is 0.139. The molecule has 0 aromatic heterocycles. The Balaban J connectivity index is 0. The first-order valence-electron chi connectivity index (χ1n) is 20.5. The number of aliphatic hydroxyl groups excluding tert-OH is 2. The molecule has 0 aromatic carbocycles. The first kappa shape index (κ1) is 59.8. The van der Waals surface area contributed by atoms with E-state index in [1.54, 1.807) is 0 Å². The standard InChI is InChI=1S/2C18H43NO6Si4/c2*1-11-18(21)19-15-17(20)16-22-13-12-14-29(23-26(2,3)4,24-27(5,6)7)25-28(8,9)10/h2*11,17,20H,1,12-16H2,2-10H3,(H,19,21). The van der Waals surface area contributed by atoms with E-state index in [0.717, 1.165) is 12.8 Å². The highest BCUT2D eigenvalue weighted by Gasteiger charge is 2.50. The molecule has 0 fully saturated rings. The molecule has 0 saturated heterocycles. The van der Waals surface area contributed by atoms with Crippen LogP contribution in [-0.2, 0) is 43.8 Å². The molecule has 0 aliphatic heterocycles. The van der Waals surface area contributed by atoms with Crippen LogP contribution in [0.5, 0.6) is 0 Å². The highest BCUT2D eigenvalue weighted by molar-refractivity contribution is 6.91. The predicted molar refractivity (Wildman–Crippen MR) is 257 cm³/mol. The van der Waals surface area contributed by atoms with E-state index in [0.29, 0.717) is 25.3 Å². The summed E-state index contributed by atoms with van der Waals surface area (Å²) in [6.07, 6.45) is 2.31. The number of hydrogen-bond acceptors (Lipinski definition) is 12. The third kappa shape index (κ3) is 36.4. The largest absolute Gasteiger partial charge is 0.469 e. The molecule has 0 spiro atoms. The molecule has 2 unspecified atom stereocenters. The Labute approximate surface area is 362 Å². The van der Waals surface area contributed by atoms with Crippen molar-refractivity contribution in [3.05, 3.63) is 25.3 Å². The lowest BCUT2D eigenvalue weighted by Gasteiger charge is -2.43. The van der Waals surface area contributed by atoms with Crippen molar-refractivity contribution in [2.45, 2.75) is 155 Å². The van der Waals surface area contributed by atoms with Crippen LogP contribution in [0.15, 0.2) is 25.3 Å². The Morgan fingerprint density at radius 2 is 0.707 bits per heavy atom. The highest BCUT2D eigenvalue weighted by atomic mass is 28.5. The van der Waals surface area contributed by atoms with Gasteiger partial charge in [-0.3, -0.25) is 9.59 Å². The average molecular weight is 964 g/mol. The number of carbonyl (C=O) groups excluding carboxylic acids is 2. The molecule has 0 aliphatic rings. The molecule has 0 saturated carbocycles. The number of aliphatic hydroxyl groups is 2. The molecule has 0 rings (SSSR count). The Morgan fingerprint density at radius 1 is 0.483 bits per heavy atom. The molecule has 0 bridgehead atoms. The second-order valence-electron chi connectivity index (χ2n) is 20.2. The Morgan fingerprint density at radius 3 is 0.897 bits per heavy atom. The molecule has 2 amide bonds. The van der Waals surface area contributed by atoms with E-state index in [9.17, 15) is 19.8 Å². The van der Waals surface area contributed by atoms with Crippen LogP contribution in [0.2, 0.25) is 130 Å². The van der Waals surface area contributed by atoms with Gasteiger partial charge in [0.25, 0.3) is 0 Å². The van der Waals surface area contributed by atoms with Gasteiger partial charge in [-0.15, -0.1) is 0 Å². The zero-order valence-corrected chi connectivity index (χ0v) is 47.8. The van der Waals surface area contributed by atoms with Gasteiger partial charge in [0.1, 0.15) is 0 Å². The lowest BCUT2D eigenvalue weighted by Crippen LogP contribution is -2.60. The van der Waals surface area contributed by atoms with Crippen LogP contribution in [0.1, 0.15) is 12.8 Å². The Bertz CT molecular complexity index is 1040. The summed E-state index contributed by atoms with van der Waals surface area (Å²) < 4.78 is 51.0. The van der Waals surface area contributed by atoms with Crippen molar-refractivity contribution in [1.29, 1.82) is 0 Å². The van der Waals surface area contributed by atoms with E-state index in [2.05, 4.69) is 142 Å². The topological polar surface area (TPSA) is 172 Å². The molecular formula is C36H86N2O12Si8. The minimum atomic E-state index is -2.84. The summed E-state index contributed by atoms with van der Waals surface area (Å²) in [5, 5.41) is 24.9. The van der Waals surface area contributed by atoms with Crippen molar-refractivity contribution in [2.75, 3.05) is 39.5 Å². The van der Waals surface area contributed by atoms with E-state index < -0.39 is 79.7 Å². The minimum Gasteiger partial charge on any atom is -0.417 e. The van der Waals surface area contributed by atoms with Gasteiger partial charge in [-0.05, 0) is 143 Å². The first-order valence-corrected chi connectivity index (χ1v) is 44.8. The van der Waals surface area contributed by atoms with Gasteiger partial charge in [-0.25, -0.2) is 0 Å². The van der Waals surface area contributed by atoms with Crippen molar-refractivity contribution < 1.29 is 54.0 Å². The van der Waals surface area contributed by atoms with Gasteiger partial charge in [-0.2, -0.15) is 0 Å². The maximum Gasteiger partial charge on any atom is 0.469 e. The number of amides is 2. The maximum atomic E-state index is 11.1. The monoisotopic (exact) mass is 962 g/mol. The van der Waals surface area contributed by atoms with Gasteiger partial charge in [0.15, 0.2) is 49.9 Å². The van der Waals surface area contributed by atoms with Crippen LogP contribution in [0.3, 0.4) is 0 Å². The number of nitrogens with one attached hydrogen (secondary N) is 2. The van der Waals surface area contributed by atoms with Gasteiger partial charge in [-0.1, -0.05) is 13.2 Å². The number of hydrogen-bond donors (Lipinski definition) is 4. The van der Waals surface area contributed by atoms with Gasteiger partial charge < -0.3 is 55.0 Å². The summed E-state index contributed by atoms with van der Waals surface area (Å²) in [5.74, 6) is -0.620. The van der Waals surface area contributed by atoms with Crippen molar-refractivity contribution in [3.8, 4) is 0 Å². The molecule has 2 atom stereocenters. The third-order valence-corrected chi connectivity index (χ3v) is 30.4. The van der Waals surface area contributed by atoms with Gasteiger partial charge >= 0.3 is 17.6 Å². The normalized spacial score (nSPS) is 14.6. The summed E-state index contributed by atoms with van der Waals surface area (Å²) in [6, 6.07) is 1.41. The summed E-state index contributed by atoms with van der Waals surface area (Å²) in [4.78, 5) is 22.3. The van der Waals surface area contributed by atoms with Crippen LogP contribution in [0.4, 0.5) is 0 Å². The molecular weight excluding hydrogens is 877 g/mol. The second kappa shape index (κ2) is 26.4. The van der Waals surface area contributed by atoms with Crippen LogP contribution < -0.4 is 10.6 Å². The zero-order chi connectivity index (χ0) is 45.9. The first-order chi connectivity index (χ1) is 25.9. The highest BCUT2D eigenvalue weighted by Crippen LogP contribution is 2.31. The van der Waals surface area contributed by atoms with Crippen LogP contribution in [0.25, 0.3) is 0 Å². The fraction of sp³-hybridized carbons (Fsp3) is 0.833. The van der Waals surface area contributed by atoms with Crippen LogP contribution in [0, 0.1) is 0 Å². The molecule has 58 heavy (non-hydrogen) atoms. The average Bonchev–Trinajstić information content (AvgIpc) is 2.97. The molecule has 22 heteroatoms. The molecule has 344 valence electrons. The lowest BCUT2D eigenvalue weighted by molar-refractivity contribution is -0.117. The summed E-state index contributed by atoms with van der Waals surface area (Å²) >= 11 is 0. The summed E-state index contributed by atoms with van der Waals surface area (Å²) in [7, 11) is -16.9. The molecule has 4 N–H and O–H groups in total. The molecule has 14 nitrogen and oxygen atoms in total. The number of carbonyl (C=O) groups is 2. The van der Waals surface area contributed by atoms with Crippen molar-refractivity contribution in [3.63, 3.8) is 0 Å². The van der Waals surface area contributed by atoms with Crippen molar-refractivity contribution in [2.24, 2.45) is 0 Å². The van der Waals surface area contributed by atoms with Crippen molar-refractivity contribution in [1.82, 2.24) is 10.6 Å². The molecule has 0 aliphatic carbocycles. The Hall–Kier alpha value is -0.245. The summed E-state index contributed by atoms with van der Waals surface area (Å²) in [5.41, 5.74) is 0. The lowest BCUT2D eigenvalue weighted by atomic mass is 10.3. The fourth-order valence-electron chi connectivity index (χ4n) is 5.15. The zero-order valence-electron chi connectivity index (χ0n) is 39.8. The van der Waals surface area contributed by atoms with E-state index >= 15 is 0 Å². The van der Waals surface area contributed by atoms with E-state index in [1.165, 1.54) is 12.2 Å². The second-order valence-corrected chi connectivity index (χ2v) is 54.2. The SMILES string of the molecule is C=CC(=O)NCC(O)COCCC[Si](O[Si](C)(C)C)(O[Si](C)(C)C)O[Si](C)(C)C.C=CC(=O)NCC(O)COCCC[Si](O[Si](C)(C)C)(O[Si](C)(C)C)O[Si](C)(C)C. The number of ether oxygens (including phenoxy) is 2. The smallest absolute Gasteiger partial charge is 0.417 e.